The lowest BCUT2D eigenvalue weighted by molar-refractivity contribution is -0.384. The minimum atomic E-state index is -0.493. The van der Waals surface area contributed by atoms with E-state index in [9.17, 15) is 14.9 Å². The van der Waals surface area contributed by atoms with Gasteiger partial charge in [-0.2, -0.15) is 0 Å². The van der Waals surface area contributed by atoms with E-state index in [1.165, 1.54) is 12.3 Å². The van der Waals surface area contributed by atoms with Crippen molar-refractivity contribution in [2.75, 3.05) is 11.9 Å². The highest BCUT2D eigenvalue weighted by Crippen LogP contribution is 2.25. The molecule has 1 fully saturated rings. The van der Waals surface area contributed by atoms with Gasteiger partial charge in [0.25, 0.3) is 0 Å². The molecule has 2 heterocycles. The maximum atomic E-state index is 11.0. The minimum absolute atomic E-state index is 0.00236. The van der Waals surface area contributed by atoms with Crippen LogP contribution in [0.1, 0.15) is 12.8 Å². The zero-order valence-corrected chi connectivity index (χ0v) is 10.9. The van der Waals surface area contributed by atoms with Gasteiger partial charge in [0.15, 0.2) is 0 Å². The third kappa shape index (κ3) is 2.95. The van der Waals surface area contributed by atoms with Gasteiger partial charge in [-0.25, -0.2) is 4.98 Å². The van der Waals surface area contributed by atoms with Gasteiger partial charge in [-0.3, -0.25) is 14.9 Å². The summed E-state index contributed by atoms with van der Waals surface area (Å²) in [6, 6.07) is 1.39. The van der Waals surface area contributed by atoms with Crippen LogP contribution in [0, 0.1) is 10.1 Å². The van der Waals surface area contributed by atoms with Crippen molar-refractivity contribution in [1.82, 2.24) is 10.3 Å². The van der Waals surface area contributed by atoms with Gasteiger partial charge in [0.1, 0.15) is 0 Å². The third-order valence-corrected chi connectivity index (χ3v) is 3.07. The molecule has 1 aliphatic rings. The zero-order valence-electron chi connectivity index (χ0n) is 9.35. The SMILES string of the molecule is O=C1CCC(CNc2ncc(Br)cc2[N+](=O)[O-])N1. The minimum Gasteiger partial charge on any atom is -0.362 e. The van der Waals surface area contributed by atoms with E-state index < -0.39 is 4.92 Å². The third-order valence-electron chi connectivity index (χ3n) is 2.63. The van der Waals surface area contributed by atoms with Crippen LogP contribution in [0.4, 0.5) is 11.5 Å². The normalized spacial score (nSPS) is 18.5. The van der Waals surface area contributed by atoms with E-state index in [2.05, 4.69) is 31.5 Å². The summed E-state index contributed by atoms with van der Waals surface area (Å²) in [6.45, 7) is 0.432. The number of rotatable bonds is 4. The molecule has 2 N–H and O–H groups in total. The van der Waals surface area contributed by atoms with Crippen molar-refractivity contribution in [1.29, 1.82) is 0 Å². The summed E-state index contributed by atoms with van der Waals surface area (Å²) < 4.78 is 0.550. The Bertz CT molecular complexity index is 494. The summed E-state index contributed by atoms with van der Waals surface area (Å²) in [5, 5.41) is 16.5. The summed E-state index contributed by atoms with van der Waals surface area (Å²) in [5.74, 6) is 0.226. The number of carbonyl (C=O) groups excluding carboxylic acids is 1. The van der Waals surface area contributed by atoms with E-state index >= 15 is 0 Å². The first-order chi connectivity index (χ1) is 8.56. The molecule has 0 saturated carbocycles. The Labute approximate surface area is 111 Å². The molecule has 2 rings (SSSR count). The van der Waals surface area contributed by atoms with Crippen molar-refractivity contribution in [3.05, 3.63) is 26.9 Å². The van der Waals surface area contributed by atoms with Crippen LogP contribution in [0.15, 0.2) is 16.7 Å². The average molecular weight is 315 g/mol. The Kier molecular flexibility index (Phi) is 3.75. The fourth-order valence-electron chi connectivity index (χ4n) is 1.75. The first kappa shape index (κ1) is 12.7. The molecular weight excluding hydrogens is 304 g/mol. The van der Waals surface area contributed by atoms with E-state index in [1.54, 1.807) is 0 Å². The summed E-state index contributed by atoms with van der Waals surface area (Å²) in [7, 11) is 0. The molecule has 1 aromatic heterocycles. The van der Waals surface area contributed by atoms with Crippen LogP contribution in [0.5, 0.6) is 0 Å². The van der Waals surface area contributed by atoms with E-state index in [-0.39, 0.29) is 23.5 Å². The molecule has 1 saturated heterocycles. The van der Waals surface area contributed by atoms with Gasteiger partial charge >= 0.3 is 5.69 Å². The maximum absolute atomic E-state index is 11.0. The number of halogens is 1. The fraction of sp³-hybridized carbons (Fsp3) is 0.400. The van der Waals surface area contributed by atoms with Crippen molar-refractivity contribution >= 4 is 33.3 Å². The first-order valence-corrected chi connectivity index (χ1v) is 6.18. The Hall–Kier alpha value is -1.70. The van der Waals surface area contributed by atoms with E-state index in [0.29, 0.717) is 17.4 Å². The monoisotopic (exact) mass is 314 g/mol. The highest BCUT2D eigenvalue weighted by molar-refractivity contribution is 9.10. The molecule has 0 bridgehead atoms. The van der Waals surface area contributed by atoms with Gasteiger partial charge in [-0.15, -0.1) is 0 Å². The highest BCUT2D eigenvalue weighted by Gasteiger charge is 2.22. The van der Waals surface area contributed by atoms with Crippen LogP contribution in [-0.2, 0) is 4.79 Å². The average Bonchev–Trinajstić information content (AvgIpc) is 2.73. The van der Waals surface area contributed by atoms with Gasteiger partial charge < -0.3 is 10.6 Å². The largest absolute Gasteiger partial charge is 0.362 e. The molecule has 18 heavy (non-hydrogen) atoms. The van der Waals surface area contributed by atoms with Crippen LogP contribution in [0.25, 0.3) is 0 Å². The summed E-state index contributed by atoms with van der Waals surface area (Å²) in [6.07, 6.45) is 2.72. The number of carbonyl (C=O) groups is 1. The van der Waals surface area contributed by atoms with E-state index in [0.717, 1.165) is 6.42 Å². The summed E-state index contributed by atoms with van der Waals surface area (Å²) in [4.78, 5) is 25.3. The molecule has 8 heteroatoms. The van der Waals surface area contributed by atoms with Gasteiger partial charge in [-0.05, 0) is 22.4 Å². The predicted molar refractivity (Wildman–Crippen MR) is 68.2 cm³/mol. The Morgan fingerprint density at radius 2 is 2.44 bits per heavy atom. The molecule has 7 nitrogen and oxygen atoms in total. The van der Waals surface area contributed by atoms with Crippen LogP contribution >= 0.6 is 15.9 Å². The summed E-state index contributed by atoms with van der Waals surface area (Å²) in [5.41, 5.74) is -0.0892. The zero-order chi connectivity index (χ0) is 13.1. The van der Waals surface area contributed by atoms with Gasteiger partial charge in [0.2, 0.25) is 11.7 Å². The number of hydrogen-bond acceptors (Lipinski definition) is 5. The molecule has 0 aromatic carbocycles. The fourth-order valence-corrected chi connectivity index (χ4v) is 2.07. The van der Waals surface area contributed by atoms with Crippen molar-refractivity contribution in [3.8, 4) is 0 Å². The lowest BCUT2D eigenvalue weighted by Crippen LogP contribution is -2.32. The van der Waals surface area contributed by atoms with Crippen molar-refractivity contribution in [3.63, 3.8) is 0 Å². The standard InChI is InChI=1S/C10H11BrN4O3/c11-6-3-8(15(17)18)10(12-4-6)13-5-7-1-2-9(16)14-7/h3-4,7H,1-2,5H2,(H,12,13)(H,14,16). The molecule has 1 amide bonds. The Morgan fingerprint density at radius 1 is 1.67 bits per heavy atom. The lowest BCUT2D eigenvalue weighted by Gasteiger charge is -2.11. The van der Waals surface area contributed by atoms with Gasteiger partial charge in [0, 0.05) is 35.7 Å². The number of amides is 1. The number of anilines is 1. The topological polar surface area (TPSA) is 97.2 Å². The second-order valence-corrected chi connectivity index (χ2v) is 4.88. The van der Waals surface area contributed by atoms with Crippen LogP contribution < -0.4 is 10.6 Å². The highest BCUT2D eigenvalue weighted by atomic mass is 79.9. The number of pyridine rings is 1. The maximum Gasteiger partial charge on any atom is 0.312 e. The van der Waals surface area contributed by atoms with Gasteiger partial charge in [-0.1, -0.05) is 0 Å². The first-order valence-electron chi connectivity index (χ1n) is 5.39. The van der Waals surface area contributed by atoms with Gasteiger partial charge in [0.05, 0.1) is 4.92 Å². The van der Waals surface area contributed by atoms with E-state index in [4.69, 9.17) is 0 Å². The van der Waals surface area contributed by atoms with Crippen molar-refractivity contribution < 1.29 is 9.72 Å². The molecular formula is C10H11BrN4O3. The molecule has 96 valence electrons. The van der Waals surface area contributed by atoms with Crippen molar-refractivity contribution in [2.45, 2.75) is 18.9 Å². The lowest BCUT2D eigenvalue weighted by atomic mass is 10.2. The Balaban J connectivity index is 2.04. The number of nitrogens with zero attached hydrogens (tertiary/aromatic N) is 2. The quantitative estimate of drug-likeness (QED) is 0.647. The second-order valence-electron chi connectivity index (χ2n) is 3.96. The van der Waals surface area contributed by atoms with E-state index in [1.807, 2.05) is 0 Å². The molecule has 1 unspecified atom stereocenters. The van der Waals surface area contributed by atoms with Crippen LogP contribution in [0.2, 0.25) is 0 Å². The van der Waals surface area contributed by atoms with Crippen LogP contribution in [-0.4, -0.2) is 28.4 Å². The second kappa shape index (κ2) is 5.30. The molecule has 0 radical (unpaired) electrons. The Morgan fingerprint density at radius 3 is 3.06 bits per heavy atom. The number of hydrogen-bond donors (Lipinski definition) is 2. The molecule has 1 aromatic rings. The van der Waals surface area contributed by atoms with Crippen LogP contribution in [0.3, 0.4) is 0 Å². The number of aromatic nitrogens is 1. The molecule has 0 spiro atoms. The summed E-state index contributed by atoms with van der Waals surface area (Å²) >= 11 is 3.14. The predicted octanol–water partition coefficient (Wildman–Crippen LogP) is 1.44. The molecule has 1 atom stereocenters. The smallest absolute Gasteiger partial charge is 0.312 e. The number of nitro groups is 1. The molecule has 1 aliphatic heterocycles. The van der Waals surface area contributed by atoms with Crippen molar-refractivity contribution in [2.24, 2.45) is 0 Å². The number of nitrogens with one attached hydrogen (secondary N) is 2. The molecule has 0 aliphatic carbocycles.